The van der Waals surface area contributed by atoms with Gasteiger partial charge in [-0.05, 0) is 60.6 Å². The zero-order valence-electron chi connectivity index (χ0n) is 23.4. The minimum absolute atomic E-state index is 0.00398. The highest BCUT2D eigenvalue weighted by Gasteiger charge is 2.32. The van der Waals surface area contributed by atoms with Gasteiger partial charge in [0.15, 0.2) is 11.5 Å². The molecular formula is C33H36N4O4. The maximum atomic E-state index is 13.0. The number of nitrogens with zero attached hydrogens (tertiary/aromatic N) is 4. The molecule has 1 aromatic heterocycles. The quantitative estimate of drug-likeness (QED) is 0.308. The van der Waals surface area contributed by atoms with E-state index >= 15 is 0 Å². The van der Waals surface area contributed by atoms with Crippen LogP contribution in [0.3, 0.4) is 0 Å². The maximum Gasteiger partial charge on any atom is 0.267 e. The molecule has 1 saturated heterocycles. The Morgan fingerprint density at radius 3 is 2.51 bits per heavy atom. The Bertz CT molecular complexity index is 1470. The third-order valence-corrected chi connectivity index (χ3v) is 7.64. The van der Waals surface area contributed by atoms with Gasteiger partial charge in [-0.25, -0.2) is 0 Å². The molecule has 2 aliphatic heterocycles. The molecule has 1 fully saturated rings. The predicted molar refractivity (Wildman–Crippen MR) is 158 cm³/mol. The molecule has 4 aromatic rings. The first-order valence-electron chi connectivity index (χ1n) is 14.2. The van der Waals surface area contributed by atoms with E-state index < -0.39 is 6.10 Å². The highest BCUT2D eigenvalue weighted by molar-refractivity contribution is 5.82. The van der Waals surface area contributed by atoms with Crippen molar-refractivity contribution < 1.29 is 19.0 Å². The van der Waals surface area contributed by atoms with Crippen LogP contribution >= 0.6 is 0 Å². The highest BCUT2D eigenvalue weighted by Crippen LogP contribution is 2.31. The molecule has 6 rings (SSSR count). The molecule has 0 N–H and O–H groups in total. The SMILES string of the molecule is CN(Cc1ccc(OCCN2CCN(C(=O)[C@H]3COc4ccccc4O3)CC2)cc1)Cc1ccc2ncccc2c1. The Balaban J connectivity index is 0.902. The number of amides is 1. The van der Waals surface area contributed by atoms with Crippen LogP contribution in [0.5, 0.6) is 17.2 Å². The van der Waals surface area contributed by atoms with Gasteiger partial charge in [0.2, 0.25) is 6.10 Å². The van der Waals surface area contributed by atoms with Gasteiger partial charge in [-0.3, -0.25) is 19.6 Å². The largest absolute Gasteiger partial charge is 0.492 e. The molecule has 8 nitrogen and oxygen atoms in total. The lowest BCUT2D eigenvalue weighted by molar-refractivity contribution is -0.143. The lowest BCUT2D eigenvalue weighted by Crippen LogP contribution is -2.54. The molecule has 3 heterocycles. The minimum Gasteiger partial charge on any atom is -0.492 e. The number of pyridine rings is 1. The molecule has 3 aromatic carbocycles. The highest BCUT2D eigenvalue weighted by atomic mass is 16.6. The van der Waals surface area contributed by atoms with Gasteiger partial charge < -0.3 is 19.1 Å². The first-order valence-corrected chi connectivity index (χ1v) is 14.2. The maximum absolute atomic E-state index is 13.0. The number of para-hydroxylation sites is 2. The predicted octanol–water partition coefficient (Wildman–Crippen LogP) is 4.23. The van der Waals surface area contributed by atoms with Crippen molar-refractivity contribution in [3.8, 4) is 17.2 Å². The molecule has 2 aliphatic rings. The van der Waals surface area contributed by atoms with Gasteiger partial charge in [0.05, 0.1) is 5.52 Å². The summed E-state index contributed by atoms with van der Waals surface area (Å²) in [5, 5.41) is 1.17. The molecule has 1 amide bonds. The Labute approximate surface area is 241 Å². The Kier molecular flexibility index (Phi) is 8.30. The summed E-state index contributed by atoms with van der Waals surface area (Å²) in [6.45, 7) is 6.41. The second-order valence-electron chi connectivity index (χ2n) is 10.7. The van der Waals surface area contributed by atoms with Crippen LogP contribution in [-0.2, 0) is 17.9 Å². The fourth-order valence-corrected chi connectivity index (χ4v) is 5.42. The average molecular weight is 553 g/mol. The smallest absolute Gasteiger partial charge is 0.267 e. The van der Waals surface area contributed by atoms with Crippen LogP contribution in [0.1, 0.15) is 11.1 Å². The van der Waals surface area contributed by atoms with Gasteiger partial charge in [-0.2, -0.15) is 0 Å². The van der Waals surface area contributed by atoms with Crippen molar-refractivity contribution in [2.75, 3.05) is 53.0 Å². The van der Waals surface area contributed by atoms with Crippen LogP contribution in [0.25, 0.3) is 10.9 Å². The second kappa shape index (κ2) is 12.6. The normalized spacial score (nSPS) is 17.1. The molecule has 8 heteroatoms. The first-order chi connectivity index (χ1) is 20.1. The van der Waals surface area contributed by atoms with Crippen LogP contribution in [0.4, 0.5) is 0 Å². The fourth-order valence-electron chi connectivity index (χ4n) is 5.42. The average Bonchev–Trinajstić information content (AvgIpc) is 3.01. The number of hydrogen-bond donors (Lipinski definition) is 0. The van der Waals surface area contributed by atoms with E-state index in [4.69, 9.17) is 14.2 Å². The van der Waals surface area contributed by atoms with Crippen molar-refractivity contribution in [2.45, 2.75) is 19.2 Å². The van der Waals surface area contributed by atoms with Crippen molar-refractivity contribution in [1.29, 1.82) is 0 Å². The molecule has 0 bridgehead atoms. The molecule has 0 spiro atoms. The summed E-state index contributed by atoms with van der Waals surface area (Å²) >= 11 is 0. The van der Waals surface area contributed by atoms with Crippen LogP contribution in [-0.4, -0.2) is 84.7 Å². The fraction of sp³-hybridized carbons (Fsp3) is 0.333. The number of ether oxygens (including phenoxy) is 3. The molecule has 41 heavy (non-hydrogen) atoms. The standard InChI is InChI=1S/C33H36N4O4/c1-35(23-26-10-13-29-27(21-26)5-4-14-34-29)22-25-8-11-28(12-9-25)39-20-19-36-15-17-37(18-16-36)33(38)32-24-40-30-6-2-3-7-31(30)41-32/h2-14,21,32H,15-20,22-24H2,1H3/t32-/m1/s1. The number of piperazine rings is 1. The number of aromatic nitrogens is 1. The second-order valence-corrected chi connectivity index (χ2v) is 10.7. The Hall–Kier alpha value is -4.14. The zero-order valence-corrected chi connectivity index (χ0v) is 23.4. The number of carbonyl (C=O) groups is 1. The molecule has 0 radical (unpaired) electrons. The van der Waals surface area contributed by atoms with E-state index in [-0.39, 0.29) is 12.5 Å². The zero-order chi connectivity index (χ0) is 28.0. The summed E-state index contributed by atoms with van der Waals surface area (Å²) in [5.41, 5.74) is 3.55. The van der Waals surface area contributed by atoms with Crippen LogP contribution < -0.4 is 14.2 Å². The van der Waals surface area contributed by atoms with E-state index in [9.17, 15) is 4.79 Å². The van der Waals surface area contributed by atoms with Crippen molar-refractivity contribution >= 4 is 16.8 Å². The van der Waals surface area contributed by atoms with E-state index in [0.29, 0.717) is 31.2 Å². The lowest BCUT2D eigenvalue weighted by atomic mass is 10.1. The van der Waals surface area contributed by atoms with Gasteiger partial charge in [0.25, 0.3) is 5.91 Å². The molecule has 1 atom stereocenters. The van der Waals surface area contributed by atoms with E-state index in [1.54, 1.807) is 0 Å². The molecule has 0 unspecified atom stereocenters. The summed E-state index contributed by atoms with van der Waals surface area (Å²) in [4.78, 5) is 23.9. The number of benzene rings is 3. The molecular weight excluding hydrogens is 516 g/mol. The van der Waals surface area contributed by atoms with Crippen LogP contribution in [0.15, 0.2) is 85.1 Å². The van der Waals surface area contributed by atoms with Crippen LogP contribution in [0.2, 0.25) is 0 Å². The van der Waals surface area contributed by atoms with Gasteiger partial charge in [0, 0.05) is 57.4 Å². The number of carbonyl (C=O) groups excluding carboxylic acids is 1. The van der Waals surface area contributed by atoms with E-state index in [2.05, 4.69) is 58.2 Å². The van der Waals surface area contributed by atoms with Crippen molar-refractivity contribution in [1.82, 2.24) is 19.7 Å². The topological polar surface area (TPSA) is 67.4 Å². The number of fused-ring (bicyclic) bond motifs is 2. The third-order valence-electron chi connectivity index (χ3n) is 7.64. The van der Waals surface area contributed by atoms with Gasteiger partial charge >= 0.3 is 0 Å². The van der Waals surface area contributed by atoms with E-state index in [1.165, 1.54) is 16.5 Å². The van der Waals surface area contributed by atoms with Crippen molar-refractivity contribution in [3.05, 3.63) is 96.2 Å². The number of rotatable bonds is 9. The minimum atomic E-state index is -0.584. The summed E-state index contributed by atoms with van der Waals surface area (Å²) in [6, 6.07) is 26.4. The summed E-state index contributed by atoms with van der Waals surface area (Å²) < 4.78 is 17.7. The molecule has 0 aliphatic carbocycles. The monoisotopic (exact) mass is 552 g/mol. The molecule has 0 saturated carbocycles. The summed E-state index contributed by atoms with van der Waals surface area (Å²) in [7, 11) is 2.14. The number of hydrogen-bond acceptors (Lipinski definition) is 7. The first kappa shape index (κ1) is 27.1. The van der Waals surface area contributed by atoms with Gasteiger partial charge in [0.1, 0.15) is 19.0 Å². The van der Waals surface area contributed by atoms with Gasteiger partial charge in [-0.1, -0.05) is 36.4 Å². The summed E-state index contributed by atoms with van der Waals surface area (Å²) in [6.07, 6.45) is 1.25. The van der Waals surface area contributed by atoms with Gasteiger partial charge in [-0.15, -0.1) is 0 Å². The van der Waals surface area contributed by atoms with E-state index in [1.807, 2.05) is 53.6 Å². The molecule has 212 valence electrons. The Morgan fingerprint density at radius 1 is 0.927 bits per heavy atom. The Morgan fingerprint density at radius 2 is 1.68 bits per heavy atom. The van der Waals surface area contributed by atoms with Crippen molar-refractivity contribution in [3.63, 3.8) is 0 Å². The summed E-state index contributed by atoms with van der Waals surface area (Å²) in [5.74, 6) is 2.20. The van der Waals surface area contributed by atoms with Crippen molar-refractivity contribution in [2.24, 2.45) is 0 Å². The van der Waals surface area contributed by atoms with E-state index in [0.717, 1.165) is 44.0 Å². The lowest BCUT2D eigenvalue weighted by Gasteiger charge is -2.37. The van der Waals surface area contributed by atoms with Crippen LogP contribution in [0, 0.1) is 0 Å². The third kappa shape index (κ3) is 6.78.